The number of benzene rings is 1. The predicted octanol–water partition coefficient (Wildman–Crippen LogP) is 1.27. The highest BCUT2D eigenvalue weighted by atomic mass is 16.3. The summed E-state index contributed by atoms with van der Waals surface area (Å²) < 4.78 is 0. The number of anilines is 1. The van der Waals surface area contributed by atoms with Crippen molar-refractivity contribution in [2.24, 2.45) is 5.73 Å². The van der Waals surface area contributed by atoms with E-state index in [2.05, 4.69) is 11.6 Å². The highest BCUT2D eigenvalue weighted by Crippen LogP contribution is 2.16. The van der Waals surface area contributed by atoms with Crippen molar-refractivity contribution >= 4 is 18.0 Å². The Balaban J connectivity index is 2.56. The van der Waals surface area contributed by atoms with Crippen molar-refractivity contribution in [3.63, 3.8) is 0 Å². The topological polar surface area (TPSA) is 83.7 Å². The predicted molar refractivity (Wildman–Crippen MR) is 120 cm³/mol. The van der Waals surface area contributed by atoms with Gasteiger partial charge in [-0.15, -0.1) is 0 Å². The highest BCUT2D eigenvalue weighted by Gasteiger charge is 2.04. The van der Waals surface area contributed by atoms with Crippen molar-refractivity contribution in [2.45, 2.75) is 25.7 Å². The first-order valence-electron chi connectivity index (χ1n) is 10.1. The molecular weight excluding hydrogens is 350 g/mol. The van der Waals surface area contributed by atoms with Crippen LogP contribution in [0.2, 0.25) is 0 Å². The normalized spacial score (nSPS) is 12.2. The Hall–Kier alpha value is -2.21. The van der Waals surface area contributed by atoms with Crippen molar-refractivity contribution in [3.8, 4) is 0 Å². The van der Waals surface area contributed by atoms with E-state index in [0.717, 1.165) is 42.8 Å². The molecule has 5 nitrogen and oxygen atoms in total. The number of hydrogen-bond acceptors (Lipinski definition) is 4. The summed E-state index contributed by atoms with van der Waals surface area (Å²) in [7, 11) is 0. The third-order valence-electron chi connectivity index (χ3n) is 4.37. The summed E-state index contributed by atoms with van der Waals surface area (Å²) in [5.41, 5.74) is 8.59. The minimum absolute atomic E-state index is 0.0629. The summed E-state index contributed by atoms with van der Waals surface area (Å²) in [5.74, 6) is 0. The molecule has 154 valence electrons. The van der Waals surface area contributed by atoms with E-state index in [0.29, 0.717) is 13.1 Å². The molecule has 1 aromatic rings. The molecule has 0 spiro atoms. The lowest BCUT2D eigenvalue weighted by Gasteiger charge is -2.22. The van der Waals surface area contributed by atoms with Gasteiger partial charge in [-0.3, -0.25) is 0 Å². The van der Waals surface area contributed by atoms with Crippen molar-refractivity contribution in [1.82, 2.24) is 0 Å². The summed E-state index contributed by atoms with van der Waals surface area (Å²) >= 11 is 0. The minimum atomic E-state index is 0.0629. The molecule has 5 N–H and O–H groups in total. The zero-order chi connectivity index (χ0) is 20.5. The van der Waals surface area contributed by atoms with Crippen LogP contribution in [0.15, 0.2) is 54.6 Å². The van der Waals surface area contributed by atoms with Gasteiger partial charge in [0.2, 0.25) is 0 Å². The van der Waals surface area contributed by atoms with Crippen LogP contribution in [0, 0.1) is 0 Å². The number of allylic oxidation sites excluding steroid dienone is 4. The van der Waals surface area contributed by atoms with E-state index in [-0.39, 0.29) is 13.2 Å². The second-order valence-corrected chi connectivity index (χ2v) is 6.55. The Morgan fingerprint density at radius 3 is 2.32 bits per heavy atom. The van der Waals surface area contributed by atoms with Crippen LogP contribution in [0.25, 0.3) is 6.08 Å². The minimum Gasteiger partial charge on any atom is -0.395 e. The number of nitrogens with one attached hydrogen (secondary N) is 1. The average Bonchev–Trinajstić information content (AvgIpc) is 2.72. The fourth-order valence-electron chi connectivity index (χ4n) is 2.76. The lowest BCUT2D eigenvalue weighted by Crippen LogP contribution is -2.68. The number of unbranched alkanes of at least 4 members (excludes halogenated alkanes) is 3. The van der Waals surface area contributed by atoms with E-state index in [1.165, 1.54) is 12.8 Å². The van der Waals surface area contributed by atoms with Gasteiger partial charge in [0.15, 0.2) is 6.21 Å². The molecule has 0 atom stereocenters. The van der Waals surface area contributed by atoms with Crippen molar-refractivity contribution in [1.29, 1.82) is 0 Å². The van der Waals surface area contributed by atoms with Crippen LogP contribution < -0.4 is 15.6 Å². The first kappa shape index (κ1) is 23.8. The van der Waals surface area contributed by atoms with Crippen LogP contribution in [0.1, 0.15) is 31.2 Å². The quantitative estimate of drug-likeness (QED) is 0.208. The molecule has 0 saturated heterocycles. The summed E-state index contributed by atoms with van der Waals surface area (Å²) in [4.78, 5) is 5.27. The van der Waals surface area contributed by atoms with Crippen LogP contribution in [-0.4, -0.2) is 55.8 Å². The first-order valence-corrected chi connectivity index (χ1v) is 10.1. The molecule has 0 aliphatic rings. The zero-order valence-corrected chi connectivity index (χ0v) is 16.9. The number of nitrogens with zero attached hydrogens (tertiary/aromatic N) is 1. The molecule has 0 radical (unpaired) electrons. The number of hydrogen-bond donors (Lipinski definition) is 4. The van der Waals surface area contributed by atoms with Gasteiger partial charge in [-0.2, -0.15) is 0 Å². The maximum Gasteiger partial charge on any atom is 0.162 e. The van der Waals surface area contributed by atoms with Crippen LogP contribution in [0.4, 0.5) is 5.69 Å². The maximum absolute atomic E-state index is 9.14. The van der Waals surface area contributed by atoms with Gasteiger partial charge in [0.25, 0.3) is 0 Å². The molecule has 0 aliphatic carbocycles. The monoisotopic (exact) mass is 386 g/mol. The third kappa shape index (κ3) is 10.2. The van der Waals surface area contributed by atoms with Gasteiger partial charge >= 0.3 is 0 Å². The SMILES string of the molecule is C=CC(/C=C/c1ccc(N(CCO)CCO)cc1)=C\C=[NH+]CCCCCCN. The van der Waals surface area contributed by atoms with Crippen LogP contribution in [0.3, 0.4) is 0 Å². The van der Waals surface area contributed by atoms with Gasteiger partial charge in [-0.05, 0) is 42.7 Å². The maximum atomic E-state index is 9.14. The molecule has 0 unspecified atom stereocenters. The summed E-state index contributed by atoms with van der Waals surface area (Å²) in [6.45, 7) is 6.76. The fourth-order valence-corrected chi connectivity index (χ4v) is 2.76. The Morgan fingerprint density at radius 2 is 1.71 bits per heavy atom. The molecule has 1 aromatic carbocycles. The van der Waals surface area contributed by atoms with E-state index in [1.807, 2.05) is 59.7 Å². The molecule has 1 rings (SSSR count). The Bertz CT molecular complexity index is 615. The average molecular weight is 387 g/mol. The zero-order valence-electron chi connectivity index (χ0n) is 16.9. The molecule has 0 aliphatic heterocycles. The van der Waals surface area contributed by atoms with E-state index < -0.39 is 0 Å². The largest absolute Gasteiger partial charge is 0.395 e. The van der Waals surface area contributed by atoms with Gasteiger partial charge in [-0.1, -0.05) is 43.4 Å². The second kappa shape index (κ2) is 15.8. The summed E-state index contributed by atoms with van der Waals surface area (Å²) in [5, 5.41) is 18.3. The molecule has 0 aromatic heterocycles. The second-order valence-electron chi connectivity index (χ2n) is 6.55. The lowest BCUT2D eigenvalue weighted by molar-refractivity contribution is -0.451. The number of rotatable bonds is 15. The van der Waals surface area contributed by atoms with Crippen LogP contribution in [0.5, 0.6) is 0 Å². The van der Waals surface area contributed by atoms with E-state index in [9.17, 15) is 0 Å². The molecule has 0 saturated carbocycles. The van der Waals surface area contributed by atoms with E-state index in [4.69, 9.17) is 15.9 Å². The van der Waals surface area contributed by atoms with Gasteiger partial charge < -0.3 is 20.8 Å². The number of aliphatic hydroxyl groups is 2. The van der Waals surface area contributed by atoms with Crippen LogP contribution in [-0.2, 0) is 0 Å². The summed E-state index contributed by atoms with van der Waals surface area (Å²) in [6.07, 6.45) is 14.5. The number of aliphatic hydroxyl groups excluding tert-OH is 2. The van der Waals surface area contributed by atoms with Gasteiger partial charge in [-0.25, -0.2) is 4.99 Å². The van der Waals surface area contributed by atoms with Gasteiger partial charge in [0.1, 0.15) is 6.54 Å². The lowest BCUT2D eigenvalue weighted by atomic mass is 10.1. The van der Waals surface area contributed by atoms with Gasteiger partial charge in [0.05, 0.1) is 13.2 Å². The van der Waals surface area contributed by atoms with E-state index in [1.54, 1.807) is 0 Å². The fraction of sp³-hybridized carbons (Fsp3) is 0.435. The van der Waals surface area contributed by atoms with Crippen molar-refractivity contribution < 1.29 is 15.2 Å². The molecule has 28 heavy (non-hydrogen) atoms. The first-order chi connectivity index (χ1) is 13.7. The molecule has 0 bridgehead atoms. The van der Waals surface area contributed by atoms with Crippen molar-refractivity contribution in [2.75, 3.05) is 44.3 Å². The Kier molecular flexibility index (Phi) is 13.5. The van der Waals surface area contributed by atoms with Gasteiger partial charge in [0, 0.05) is 31.3 Å². The Morgan fingerprint density at radius 1 is 1.04 bits per heavy atom. The summed E-state index contributed by atoms with van der Waals surface area (Å²) in [6, 6.07) is 8.05. The molecule has 0 amide bonds. The highest BCUT2D eigenvalue weighted by molar-refractivity contribution is 5.70. The van der Waals surface area contributed by atoms with Crippen molar-refractivity contribution in [3.05, 3.63) is 60.2 Å². The number of nitrogens with two attached hydrogens (primary N) is 1. The molecule has 5 heteroatoms. The molecular formula is C23H36N3O2+. The smallest absolute Gasteiger partial charge is 0.162 e. The third-order valence-corrected chi connectivity index (χ3v) is 4.37. The van der Waals surface area contributed by atoms with Crippen LogP contribution >= 0.6 is 0 Å². The Labute approximate surface area is 169 Å². The molecule has 0 fully saturated rings. The molecule has 0 heterocycles. The standard InChI is InChI=1S/C23H35N3O2/c1-2-21(13-16-25-15-6-4-3-5-14-24)7-8-22-9-11-23(12-10-22)26(17-19-27)18-20-28/h2,7-13,16,27-28H,1,3-6,14-15,17-20,24H2/p+1/b8-7+,21-13+,25-16?. The van der Waals surface area contributed by atoms with E-state index >= 15 is 0 Å².